The zero-order chi connectivity index (χ0) is 24.1. The van der Waals surface area contributed by atoms with E-state index in [1.807, 2.05) is 61.5 Å². The van der Waals surface area contributed by atoms with Crippen LogP contribution in [0.15, 0.2) is 69.9 Å². The first-order valence-electron chi connectivity index (χ1n) is 10.8. The standard InChI is InChI=1S/C26H24BrClN2O4/c1-17-15-21(27)24(22(28)16-17)34-14-13-33-12-11-30-25(18-7-9-19(32-2)10-8-18)29-23-6-4-3-5-20(23)26(30)31/h3-10,15-16H,11-14H2,1-2H3. The predicted octanol–water partition coefficient (Wildman–Crippen LogP) is 5.89. The van der Waals surface area contributed by atoms with Gasteiger partial charge in [0.2, 0.25) is 0 Å². The average Bonchev–Trinajstić information content (AvgIpc) is 2.83. The molecule has 0 unspecified atom stereocenters. The van der Waals surface area contributed by atoms with Crippen molar-refractivity contribution in [3.8, 4) is 22.9 Å². The molecule has 0 N–H and O–H groups in total. The van der Waals surface area contributed by atoms with Crippen LogP contribution in [-0.4, -0.2) is 36.5 Å². The summed E-state index contributed by atoms with van der Waals surface area (Å²) in [7, 11) is 1.62. The van der Waals surface area contributed by atoms with Crippen molar-refractivity contribution < 1.29 is 14.2 Å². The zero-order valence-corrected chi connectivity index (χ0v) is 21.2. The van der Waals surface area contributed by atoms with E-state index in [0.29, 0.717) is 53.9 Å². The van der Waals surface area contributed by atoms with E-state index in [1.165, 1.54) is 0 Å². The number of benzene rings is 3. The molecule has 0 fully saturated rings. The van der Waals surface area contributed by atoms with E-state index >= 15 is 0 Å². The number of methoxy groups -OCH3 is 1. The molecule has 0 amide bonds. The fraction of sp³-hybridized carbons (Fsp3) is 0.231. The number of nitrogens with zero attached hydrogens (tertiary/aromatic N) is 2. The van der Waals surface area contributed by atoms with Gasteiger partial charge in [-0.2, -0.15) is 0 Å². The number of para-hydroxylation sites is 1. The number of aryl methyl sites for hydroxylation is 1. The Balaban J connectivity index is 1.47. The smallest absolute Gasteiger partial charge is 0.261 e. The number of halogens is 2. The maximum Gasteiger partial charge on any atom is 0.261 e. The van der Waals surface area contributed by atoms with Crippen molar-refractivity contribution in [2.75, 3.05) is 26.9 Å². The molecule has 0 aliphatic rings. The van der Waals surface area contributed by atoms with E-state index in [1.54, 1.807) is 17.7 Å². The van der Waals surface area contributed by atoms with Crippen molar-refractivity contribution in [3.63, 3.8) is 0 Å². The quantitative estimate of drug-likeness (QED) is 0.246. The summed E-state index contributed by atoms with van der Waals surface area (Å²) in [5.41, 5.74) is 2.42. The van der Waals surface area contributed by atoms with E-state index in [0.717, 1.165) is 21.3 Å². The van der Waals surface area contributed by atoms with Crippen LogP contribution in [0.3, 0.4) is 0 Å². The van der Waals surface area contributed by atoms with Crippen molar-refractivity contribution in [3.05, 3.63) is 86.1 Å². The van der Waals surface area contributed by atoms with Gasteiger partial charge in [-0.15, -0.1) is 0 Å². The highest BCUT2D eigenvalue weighted by Gasteiger charge is 2.13. The first-order valence-corrected chi connectivity index (χ1v) is 11.9. The monoisotopic (exact) mass is 542 g/mol. The van der Waals surface area contributed by atoms with Crippen LogP contribution in [0.2, 0.25) is 5.02 Å². The molecule has 0 saturated heterocycles. The molecule has 0 bridgehead atoms. The molecule has 4 rings (SSSR count). The Bertz CT molecular complexity index is 1330. The first kappa shape index (κ1) is 24.3. The van der Waals surface area contributed by atoms with Crippen molar-refractivity contribution in [2.45, 2.75) is 13.5 Å². The molecule has 176 valence electrons. The molecule has 0 aliphatic heterocycles. The van der Waals surface area contributed by atoms with Crippen molar-refractivity contribution in [2.24, 2.45) is 0 Å². The maximum atomic E-state index is 13.3. The number of hydrogen-bond donors (Lipinski definition) is 0. The summed E-state index contributed by atoms with van der Waals surface area (Å²) in [6.45, 7) is 3.33. The minimum Gasteiger partial charge on any atom is -0.497 e. The molecule has 0 atom stereocenters. The van der Waals surface area contributed by atoms with E-state index in [2.05, 4.69) is 15.9 Å². The fourth-order valence-electron chi connectivity index (χ4n) is 3.62. The Hall–Kier alpha value is -2.87. The minimum atomic E-state index is -0.105. The van der Waals surface area contributed by atoms with Crippen LogP contribution in [0.25, 0.3) is 22.3 Å². The van der Waals surface area contributed by atoms with Crippen LogP contribution in [0, 0.1) is 6.92 Å². The summed E-state index contributed by atoms with van der Waals surface area (Å²) >= 11 is 9.74. The van der Waals surface area contributed by atoms with Gasteiger partial charge in [0.1, 0.15) is 18.2 Å². The molecule has 0 saturated carbocycles. The van der Waals surface area contributed by atoms with Gasteiger partial charge in [0.25, 0.3) is 5.56 Å². The van der Waals surface area contributed by atoms with E-state index in [-0.39, 0.29) is 5.56 Å². The second-order valence-corrected chi connectivity index (χ2v) is 8.92. The third-order valence-electron chi connectivity index (χ3n) is 5.29. The summed E-state index contributed by atoms with van der Waals surface area (Å²) in [5, 5.41) is 1.12. The topological polar surface area (TPSA) is 62.6 Å². The third-order valence-corrected chi connectivity index (χ3v) is 6.16. The summed E-state index contributed by atoms with van der Waals surface area (Å²) in [6, 6.07) is 18.6. The molecule has 3 aromatic carbocycles. The molecule has 0 radical (unpaired) electrons. The number of ether oxygens (including phenoxy) is 3. The summed E-state index contributed by atoms with van der Waals surface area (Å²) < 4.78 is 19.2. The zero-order valence-electron chi connectivity index (χ0n) is 18.9. The lowest BCUT2D eigenvalue weighted by Gasteiger charge is -2.15. The van der Waals surface area contributed by atoms with Crippen LogP contribution in [0.4, 0.5) is 0 Å². The van der Waals surface area contributed by atoms with Gasteiger partial charge >= 0.3 is 0 Å². The van der Waals surface area contributed by atoms with Gasteiger partial charge in [0, 0.05) is 5.56 Å². The predicted molar refractivity (Wildman–Crippen MR) is 138 cm³/mol. The number of aromatic nitrogens is 2. The second-order valence-electron chi connectivity index (χ2n) is 7.66. The Morgan fingerprint density at radius 2 is 1.79 bits per heavy atom. The maximum absolute atomic E-state index is 13.3. The van der Waals surface area contributed by atoms with Crippen molar-refractivity contribution in [1.29, 1.82) is 0 Å². The molecule has 0 aliphatic carbocycles. The molecule has 1 aromatic heterocycles. The molecule has 6 nitrogen and oxygen atoms in total. The van der Waals surface area contributed by atoms with Gasteiger partial charge < -0.3 is 14.2 Å². The first-order chi connectivity index (χ1) is 16.5. The molecule has 8 heteroatoms. The van der Waals surface area contributed by atoms with Gasteiger partial charge in [-0.25, -0.2) is 4.98 Å². The summed E-state index contributed by atoms with van der Waals surface area (Å²) in [5.74, 6) is 1.91. The van der Waals surface area contributed by atoms with Crippen LogP contribution < -0.4 is 15.0 Å². The lowest BCUT2D eigenvalue weighted by atomic mass is 10.1. The fourth-order valence-corrected chi connectivity index (χ4v) is 4.75. The van der Waals surface area contributed by atoms with Gasteiger partial charge in [-0.1, -0.05) is 23.7 Å². The average molecular weight is 544 g/mol. The minimum absolute atomic E-state index is 0.105. The molecule has 4 aromatic rings. The third kappa shape index (κ3) is 5.43. The van der Waals surface area contributed by atoms with E-state index in [4.69, 9.17) is 30.8 Å². The highest BCUT2D eigenvalue weighted by atomic mass is 79.9. The Kier molecular flexibility index (Phi) is 7.88. The summed E-state index contributed by atoms with van der Waals surface area (Å²) in [6.07, 6.45) is 0. The Labute approximate surface area is 211 Å². The summed E-state index contributed by atoms with van der Waals surface area (Å²) in [4.78, 5) is 18.0. The van der Waals surface area contributed by atoms with Crippen LogP contribution in [0.1, 0.15) is 5.56 Å². The van der Waals surface area contributed by atoms with Crippen molar-refractivity contribution in [1.82, 2.24) is 9.55 Å². The molecule has 0 spiro atoms. The van der Waals surface area contributed by atoms with Gasteiger partial charge in [-0.05, 0) is 76.9 Å². The number of fused-ring (bicyclic) bond motifs is 1. The largest absolute Gasteiger partial charge is 0.497 e. The molecule has 34 heavy (non-hydrogen) atoms. The normalized spacial score (nSPS) is 11.1. The van der Waals surface area contributed by atoms with Gasteiger partial charge in [0.05, 0.1) is 47.3 Å². The van der Waals surface area contributed by atoms with E-state index in [9.17, 15) is 4.79 Å². The molecular formula is C26H24BrClN2O4. The second kappa shape index (κ2) is 11.0. The highest BCUT2D eigenvalue weighted by Crippen LogP contribution is 2.34. The van der Waals surface area contributed by atoms with Crippen LogP contribution in [-0.2, 0) is 11.3 Å². The van der Waals surface area contributed by atoms with Crippen molar-refractivity contribution >= 4 is 38.4 Å². The molecular weight excluding hydrogens is 520 g/mol. The number of rotatable bonds is 9. The Morgan fingerprint density at radius 3 is 2.53 bits per heavy atom. The lowest BCUT2D eigenvalue weighted by molar-refractivity contribution is 0.0938. The van der Waals surface area contributed by atoms with Crippen LogP contribution in [0.5, 0.6) is 11.5 Å². The van der Waals surface area contributed by atoms with Gasteiger partial charge in [-0.3, -0.25) is 9.36 Å². The SMILES string of the molecule is COc1ccc(-c2nc3ccccc3c(=O)n2CCOCCOc2c(Cl)cc(C)cc2Br)cc1. The lowest BCUT2D eigenvalue weighted by Crippen LogP contribution is -2.26. The highest BCUT2D eigenvalue weighted by molar-refractivity contribution is 9.10. The van der Waals surface area contributed by atoms with Gasteiger partial charge in [0.15, 0.2) is 5.75 Å². The van der Waals surface area contributed by atoms with E-state index < -0.39 is 0 Å². The number of hydrogen-bond acceptors (Lipinski definition) is 5. The molecule has 1 heterocycles. The van der Waals surface area contributed by atoms with Crippen LogP contribution >= 0.6 is 27.5 Å². The Morgan fingerprint density at radius 1 is 1.03 bits per heavy atom.